The molecule has 0 aliphatic heterocycles. The summed E-state index contributed by atoms with van der Waals surface area (Å²) < 4.78 is 10.2. The summed E-state index contributed by atoms with van der Waals surface area (Å²) >= 11 is 0. The van der Waals surface area contributed by atoms with Crippen molar-refractivity contribution in [3.8, 4) is 0 Å². The van der Waals surface area contributed by atoms with Crippen molar-refractivity contribution in [1.82, 2.24) is 4.90 Å². The predicted molar refractivity (Wildman–Crippen MR) is 78.8 cm³/mol. The van der Waals surface area contributed by atoms with Crippen LogP contribution < -0.4 is 5.73 Å². The van der Waals surface area contributed by atoms with Gasteiger partial charge < -0.3 is 19.8 Å². The molecule has 0 bridgehead atoms. The first kappa shape index (κ1) is 14.9. The molecule has 112 valence electrons. The number of amides is 1. The number of hydrogen-bond acceptors (Lipinski definition) is 5. The summed E-state index contributed by atoms with van der Waals surface area (Å²) in [5.41, 5.74) is 6.90. The Labute approximate surface area is 122 Å². The second-order valence-electron chi connectivity index (χ2n) is 5.02. The fourth-order valence-electron chi connectivity index (χ4n) is 2.12. The van der Waals surface area contributed by atoms with Gasteiger partial charge in [0.1, 0.15) is 5.58 Å². The third-order valence-electron chi connectivity index (χ3n) is 3.25. The molecule has 21 heavy (non-hydrogen) atoms. The van der Waals surface area contributed by atoms with Crippen molar-refractivity contribution in [3.63, 3.8) is 0 Å². The zero-order chi connectivity index (χ0) is 15.6. The second-order valence-corrected chi connectivity index (χ2v) is 5.02. The van der Waals surface area contributed by atoms with Gasteiger partial charge in [0.15, 0.2) is 5.76 Å². The van der Waals surface area contributed by atoms with Crippen LogP contribution in [0.3, 0.4) is 0 Å². The average molecular weight is 290 g/mol. The van der Waals surface area contributed by atoms with Crippen LogP contribution in [0, 0.1) is 5.92 Å². The molecule has 0 spiro atoms. The first-order chi connectivity index (χ1) is 9.92. The largest absolute Gasteiger partial charge is 0.469 e. The molecule has 0 fully saturated rings. The van der Waals surface area contributed by atoms with Crippen LogP contribution in [0.15, 0.2) is 28.7 Å². The van der Waals surface area contributed by atoms with Crippen LogP contribution in [-0.2, 0) is 9.53 Å². The maximum atomic E-state index is 12.3. The highest BCUT2D eigenvalue weighted by atomic mass is 16.5. The van der Waals surface area contributed by atoms with E-state index in [1.54, 1.807) is 38.2 Å². The number of furan rings is 1. The number of carbonyl (C=O) groups excluding carboxylic acids is 2. The van der Waals surface area contributed by atoms with Crippen molar-refractivity contribution in [1.29, 1.82) is 0 Å². The number of anilines is 1. The normalized spacial score (nSPS) is 12.1. The average Bonchev–Trinajstić information content (AvgIpc) is 2.88. The van der Waals surface area contributed by atoms with Gasteiger partial charge in [-0.1, -0.05) is 6.92 Å². The molecular formula is C15H18N2O4. The van der Waals surface area contributed by atoms with Crippen molar-refractivity contribution >= 4 is 28.5 Å². The molecule has 2 rings (SSSR count). The molecule has 0 saturated carbocycles. The second kappa shape index (κ2) is 5.87. The molecular weight excluding hydrogens is 272 g/mol. The molecule has 2 aromatic rings. The Bertz CT molecular complexity index is 677. The summed E-state index contributed by atoms with van der Waals surface area (Å²) in [4.78, 5) is 25.1. The Kier molecular flexibility index (Phi) is 4.16. The summed E-state index contributed by atoms with van der Waals surface area (Å²) in [5.74, 6) is -0.827. The molecule has 0 saturated heterocycles. The lowest BCUT2D eigenvalue weighted by Gasteiger charge is -2.19. The van der Waals surface area contributed by atoms with E-state index in [1.165, 1.54) is 12.0 Å². The van der Waals surface area contributed by atoms with Gasteiger partial charge >= 0.3 is 5.97 Å². The fourth-order valence-corrected chi connectivity index (χ4v) is 2.12. The van der Waals surface area contributed by atoms with E-state index in [4.69, 9.17) is 10.2 Å². The van der Waals surface area contributed by atoms with E-state index in [-0.39, 0.29) is 24.2 Å². The van der Waals surface area contributed by atoms with Crippen molar-refractivity contribution in [2.45, 2.75) is 6.92 Å². The maximum absolute atomic E-state index is 12.3. The van der Waals surface area contributed by atoms with Crippen molar-refractivity contribution < 1.29 is 18.7 Å². The molecule has 6 heteroatoms. The number of rotatable bonds is 4. The van der Waals surface area contributed by atoms with Gasteiger partial charge in [-0.05, 0) is 24.3 Å². The molecule has 1 heterocycles. The molecule has 1 atom stereocenters. The molecule has 6 nitrogen and oxygen atoms in total. The van der Waals surface area contributed by atoms with Crippen LogP contribution in [0.1, 0.15) is 17.5 Å². The van der Waals surface area contributed by atoms with E-state index in [1.807, 2.05) is 0 Å². The Balaban J connectivity index is 2.15. The van der Waals surface area contributed by atoms with Crippen molar-refractivity contribution in [2.24, 2.45) is 5.92 Å². The number of nitrogens with zero attached hydrogens (tertiary/aromatic N) is 1. The quantitative estimate of drug-likeness (QED) is 0.686. The number of benzene rings is 1. The fraction of sp³-hybridized carbons (Fsp3) is 0.333. The Hall–Kier alpha value is -2.50. The van der Waals surface area contributed by atoms with Gasteiger partial charge in [-0.15, -0.1) is 0 Å². The molecule has 0 aliphatic rings. The summed E-state index contributed by atoms with van der Waals surface area (Å²) in [7, 11) is 2.94. The van der Waals surface area contributed by atoms with E-state index < -0.39 is 5.92 Å². The lowest BCUT2D eigenvalue weighted by atomic mass is 10.1. The summed E-state index contributed by atoms with van der Waals surface area (Å²) in [5, 5.41) is 0.771. The van der Waals surface area contributed by atoms with E-state index >= 15 is 0 Å². The first-order valence-corrected chi connectivity index (χ1v) is 6.54. The molecule has 1 amide bonds. The van der Waals surface area contributed by atoms with Crippen molar-refractivity contribution in [2.75, 3.05) is 26.4 Å². The van der Waals surface area contributed by atoms with Crippen LogP contribution >= 0.6 is 0 Å². The standard InChI is InChI=1S/C15H18N2O4/c1-9(15(19)20-3)8-17(2)14(18)13-7-10-6-11(16)4-5-12(10)21-13/h4-7,9H,8,16H2,1-3H3. The van der Waals surface area contributed by atoms with Crippen LogP contribution in [0.5, 0.6) is 0 Å². The first-order valence-electron chi connectivity index (χ1n) is 6.54. The van der Waals surface area contributed by atoms with Gasteiger partial charge in [0.2, 0.25) is 0 Å². The van der Waals surface area contributed by atoms with Crippen molar-refractivity contribution in [3.05, 3.63) is 30.0 Å². The highest BCUT2D eigenvalue weighted by Crippen LogP contribution is 2.22. The minimum Gasteiger partial charge on any atom is -0.469 e. The van der Waals surface area contributed by atoms with Gasteiger partial charge in [0.25, 0.3) is 5.91 Å². The Morgan fingerprint density at radius 1 is 1.38 bits per heavy atom. The summed E-state index contributed by atoms with van der Waals surface area (Å²) in [6.07, 6.45) is 0. The van der Waals surface area contributed by atoms with Gasteiger partial charge in [0.05, 0.1) is 13.0 Å². The lowest BCUT2D eigenvalue weighted by molar-refractivity contribution is -0.145. The minimum atomic E-state index is -0.399. The molecule has 0 aliphatic carbocycles. The van der Waals surface area contributed by atoms with Gasteiger partial charge in [0, 0.05) is 24.7 Å². The molecule has 2 N–H and O–H groups in total. The third-order valence-corrected chi connectivity index (χ3v) is 3.25. The van der Waals surface area contributed by atoms with E-state index in [2.05, 4.69) is 4.74 Å². The number of nitrogen functional groups attached to an aromatic ring is 1. The zero-order valence-corrected chi connectivity index (χ0v) is 12.3. The molecule has 0 radical (unpaired) electrons. The van der Waals surface area contributed by atoms with Crippen LogP contribution in [0.25, 0.3) is 11.0 Å². The van der Waals surface area contributed by atoms with Gasteiger partial charge in [-0.3, -0.25) is 9.59 Å². The topological polar surface area (TPSA) is 85.8 Å². The Morgan fingerprint density at radius 2 is 2.10 bits per heavy atom. The lowest BCUT2D eigenvalue weighted by Crippen LogP contribution is -2.33. The van der Waals surface area contributed by atoms with Crippen LogP contribution in [0.2, 0.25) is 0 Å². The maximum Gasteiger partial charge on any atom is 0.310 e. The van der Waals surface area contributed by atoms with E-state index in [0.29, 0.717) is 11.3 Å². The Morgan fingerprint density at radius 3 is 2.76 bits per heavy atom. The monoisotopic (exact) mass is 290 g/mol. The van der Waals surface area contributed by atoms with Crippen LogP contribution in [0.4, 0.5) is 5.69 Å². The number of ether oxygens (including phenoxy) is 1. The van der Waals surface area contributed by atoms with Gasteiger partial charge in [-0.2, -0.15) is 0 Å². The summed E-state index contributed by atoms with van der Waals surface area (Å²) in [6, 6.07) is 6.82. The van der Waals surface area contributed by atoms with Gasteiger partial charge in [-0.25, -0.2) is 0 Å². The number of carbonyl (C=O) groups is 2. The molecule has 1 aromatic heterocycles. The minimum absolute atomic E-state index is 0.218. The third kappa shape index (κ3) is 3.16. The highest BCUT2D eigenvalue weighted by Gasteiger charge is 2.22. The van der Waals surface area contributed by atoms with E-state index in [0.717, 1.165) is 5.39 Å². The summed E-state index contributed by atoms with van der Waals surface area (Å²) in [6.45, 7) is 1.96. The number of fused-ring (bicyclic) bond motifs is 1. The molecule has 1 aromatic carbocycles. The molecule has 1 unspecified atom stereocenters. The number of methoxy groups -OCH3 is 1. The predicted octanol–water partition coefficient (Wildman–Crippen LogP) is 1.90. The number of esters is 1. The van der Waals surface area contributed by atoms with E-state index in [9.17, 15) is 9.59 Å². The van der Waals surface area contributed by atoms with Crippen LogP contribution in [-0.4, -0.2) is 37.5 Å². The highest BCUT2D eigenvalue weighted by molar-refractivity contribution is 5.96. The number of hydrogen-bond donors (Lipinski definition) is 1. The number of nitrogens with two attached hydrogens (primary N) is 1. The zero-order valence-electron chi connectivity index (χ0n) is 12.3. The smallest absolute Gasteiger partial charge is 0.310 e. The SMILES string of the molecule is COC(=O)C(C)CN(C)C(=O)c1cc2cc(N)ccc2o1.